The van der Waals surface area contributed by atoms with Crippen molar-refractivity contribution in [3.8, 4) is 0 Å². The van der Waals surface area contributed by atoms with Crippen molar-refractivity contribution in [2.24, 2.45) is 17.8 Å². The van der Waals surface area contributed by atoms with Crippen molar-refractivity contribution in [1.29, 1.82) is 0 Å². The van der Waals surface area contributed by atoms with Crippen LogP contribution >= 0.6 is 11.8 Å². The molecule has 43 heavy (non-hydrogen) atoms. The molecule has 3 fully saturated rings. The maximum Gasteiger partial charge on any atom is 0.310 e. The summed E-state index contributed by atoms with van der Waals surface area (Å²) in [7, 11) is 0. The van der Waals surface area contributed by atoms with Crippen LogP contribution in [0.4, 0.5) is 5.69 Å². The number of aliphatic hydroxyl groups is 1. The van der Waals surface area contributed by atoms with Gasteiger partial charge in [-0.2, -0.15) is 0 Å². The van der Waals surface area contributed by atoms with Crippen molar-refractivity contribution in [1.82, 2.24) is 4.90 Å². The van der Waals surface area contributed by atoms with Gasteiger partial charge in [0.15, 0.2) is 0 Å². The molecule has 2 bridgehead atoms. The second-order valence-electron chi connectivity index (χ2n) is 12.0. The van der Waals surface area contributed by atoms with Crippen molar-refractivity contribution in [2.75, 3.05) is 24.7 Å². The molecular weight excluding hydrogens is 560 g/mol. The molecule has 0 saturated carbocycles. The monoisotopic (exact) mass is 602 g/mol. The van der Waals surface area contributed by atoms with Gasteiger partial charge in [0.2, 0.25) is 5.91 Å². The second kappa shape index (κ2) is 12.7. The van der Waals surface area contributed by atoms with Crippen LogP contribution in [-0.2, 0) is 19.1 Å². The number of aliphatic hydroxyl groups excluding tert-OH is 1. The molecule has 0 aromatic heterocycles. The summed E-state index contributed by atoms with van der Waals surface area (Å²) in [5.74, 6) is -2.26. The number of esters is 1. The van der Waals surface area contributed by atoms with Crippen LogP contribution in [-0.4, -0.2) is 63.6 Å². The highest BCUT2D eigenvalue weighted by Gasteiger charge is 2.77. The third-order valence-electron chi connectivity index (χ3n) is 9.47. The summed E-state index contributed by atoms with van der Waals surface area (Å²) in [6.07, 6.45) is 5.60. The SMILES string of the molecule is C=CCCCOC(=O)[C@@H]1[C@@H]2CC(C)C3(S2)C(C(=O)N(CC=C)c2c(C)cccc2C)N([C@H](CO)c2ccccc2)C(=O)[C@H]13. The van der Waals surface area contributed by atoms with Crippen molar-refractivity contribution < 1.29 is 24.2 Å². The van der Waals surface area contributed by atoms with E-state index in [9.17, 15) is 14.7 Å². The number of allylic oxidation sites excluding steroid dienone is 1. The molecule has 7 atom stereocenters. The van der Waals surface area contributed by atoms with Gasteiger partial charge in [0.1, 0.15) is 6.04 Å². The summed E-state index contributed by atoms with van der Waals surface area (Å²) in [4.78, 5) is 46.8. The summed E-state index contributed by atoms with van der Waals surface area (Å²) in [6.45, 7) is 13.9. The molecule has 228 valence electrons. The first-order chi connectivity index (χ1) is 20.7. The lowest BCUT2D eigenvalue weighted by molar-refractivity contribution is -0.155. The Morgan fingerprint density at radius 2 is 1.84 bits per heavy atom. The van der Waals surface area contributed by atoms with Gasteiger partial charge in [-0.25, -0.2) is 0 Å². The van der Waals surface area contributed by atoms with Crippen LogP contribution in [0.3, 0.4) is 0 Å². The first kappa shape index (κ1) is 31.1. The number of unbranched alkanes of at least 4 members (excludes halogenated alkanes) is 1. The summed E-state index contributed by atoms with van der Waals surface area (Å²) in [5, 5.41) is 10.7. The average Bonchev–Trinajstić information content (AvgIpc) is 3.59. The molecule has 3 unspecified atom stereocenters. The van der Waals surface area contributed by atoms with Crippen LogP contribution in [0.25, 0.3) is 0 Å². The largest absolute Gasteiger partial charge is 0.465 e. The second-order valence-corrected chi connectivity index (χ2v) is 13.5. The van der Waals surface area contributed by atoms with Gasteiger partial charge in [0.25, 0.3) is 5.91 Å². The number of anilines is 1. The van der Waals surface area contributed by atoms with E-state index in [2.05, 4.69) is 20.1 Å². The van der Waals surface area contributed by atoms with Crippen LogP contribution < -0.4 is 4.90 Å². The Morgan fingerprint density at radius 3 is 2.47 bits per heavy atom. The first-order valence-electron chi connectivity index (χ1n) is 15.1. The summed E-state index contributed by atoms with van der Waals surface area (Å²) in [5.41, 5.74) is 3.42. The van der Waals surface area contributed by atoms with E-state index in [0.29, 0.717) is 12.8 Å². The van der Waals surface area contributed by atoms with Gasteiger partial charge in [-0.05, 0) is 55.7 Å². The fourth-order valence-electron chi connectivity index (χ4n) is 7.67. The quantitative estimate of drug-likeness (QED) is 0.199. The normalized spacial score (nSPS) is 28.0. The number of ether oxygens (including phenoxy) is 1. The summed E-state index contributed by atoms with van der Waals surface area (Å²) in [6, 6.07) is 13.6. The Hall–Kier alpha value is -3.36. The van der Waals surface area contributed by atoms with Crippen LogP contribution in [0.15, 0.2) is 73.8 Å². The Bertz CT molecular complexity index is 1380. The highest BCUT2D eigenvalue weighted by Crippen LogP contribution is 2.69. The molecule has 1 N–H and O–H groups in total. The Kier molecular flexibility index (Phi) is 9.18. The number of likely N-dealkylation sites (tertiary alicyclic amines) is 1. The third kappa shape index (κ3) is 5.12. The van der Waals surface area contributed by atoms with Gasteiger partial charge in [0, 0.05) is 17.5 Å². The zero-order valence-electron chi connectivity index (χ0n) is 25.3. The molecule has 3 aliphatic heterocycles. The molecule has 2 aromatic carbocycles. The van der Waals surface area contributed by atoms with Crippen molar-refractivity contribution in [2.45, 2.75) is 62.1 Å². The minimum atomic E-state index is -0.898. The Labute approximate surface area is 259 Å². The molecule has 7 nitrogen and oxygen atoms in total. The number of carbonyl (C=O) groups is 3. The van der Waals surface area contributed by atoms with Gasteiger partial charge in [0.05, 0.1) is 35.8 Å². The van der Waals surface area contributed by atoms with Crippen LogP contribution in [0, 0.1) is 31.6 Å². The van der Waals surface area contributed by atoms with Crippen LogP contribution in [0.5, 0.6) is 0 Å². The molecule has 3 aliphatic rings. The molecule has 0 radical (unpaired) electrons. The van der Waals surface area contributed by atoms with Crippen molar-refractivity contribution in [3.05, 3.63) is 90.5 Å². The summed E-state index contributed by atoms with van der Waals surface area (Å²) >= 11 is 1.61. The van der Waals surface area contributed by atoms with Gasteiger partial charge in [-0.15, -0.1) is 24.9 Å². The molecule has 0 aliphatic carbocycles. The van der Waals surface area contributed by atoms with E-state index in [-0.39, 0.29) is 48.7 Å². The lowest BCUT2D eigenvalue weighted by Crippen LogP contribution is -2.58. The number of aryl methyl sites for hydroxylation is 2. The number of para-hydroxylation sites is 1. The molecule has 1 spiro atoms. The smallest absolute Gasteiger partial charge is 0.310 e. The predicted molar refractivity (Wildman–Crippen MR) is 171 cm³/mol. The van der Waals surface area contributed by atoms with Crippen LogP contribution in [0.2, 0.25) is 0 Å². The molecule has 3 heterocycles. The minimum absolute atomic E-state index is 0.0149. The Balaban J connectivity index is 1.64. The molecule has 2 amide bonds. The molecule has 2 aromatic rings. The topological polar surface area (TPSA) is 87.2 Å². The average molecular weight is 603 g/mol. The highest BCUT2D eigenvalue weighted by molar-refractivity contribution is 8.02. The number of hydrogen-bond donors (Lipinski definition) is 1. The number of nitrogens with zero attached hydrogens (tertiary/aromatic N) is 2. The van der Waals surface area contributed by atoms with E-state index in [1.807, 2.05) is 62.4 Å². The zero-order chi connectivity index (χ0) is 30.9. The number of carbonyl (C=O) groups excluding carboxylic acids is 3. The number of hydrogen-bond acceptors (Lipinski definition) is 6. The molecule has 3 saturated heterocycles. The maximum absolute atomic E-state index is 15.1. The van der Waals surface area contributed by atoms with E-state index in [4.69, 9.17) is 4.74 Å². The summed E-state index contributed by atoms with van der Waals surface area (Å²) < 4.78 is 4.88. The van der Waals surface area contributed by atoms with E-state index in [1.54, 1.807) is 33.7 Å². The van der Waals surface area contributed by atoms with Gasteiger partial charge in [-0.1, -0.05) is 67.6 Å². The number of rotatable bonds is 12. The zero-order valence-corrected chi connectivity index (χ0v) is 26.1. The van der Waals surface area contributed by atoms with Crippen LogP contribution in [0.1, 0.15) is 48.9 Å². The number of amides is 2. The van der Waals surface area contributed by atoms with E-state index in [1.165, 1.54) is 0 Å². The number of benzene rings is 2. The first-order valence-corrected chi connectivity index (χ1v) is 16.0. The van der Waals surface area contributed by atoms with Gasteiger partial charge in [-0.3, -0.25) is 14.4 Å². The number of fused-ring (bicyclic) bond motifs is 1. The van der Waals surface area contributed by atoms with E-state index >= 15 is 4.79 Å². The van der Waals surface area contributed by atoms with Crippen molar-refractivity contribution in [3.63, 3.8) is 0 Å². The minimum Gasteiger partial charge on any atom is -0.465 e. The van der Waals surface area contributed by atoms with Gasteiger partial charge >= 0.3 is 5.97 Å². The molecule has 8 heteroatoms. The molecular formula is C35H42N2O5S. The van der Waals surface area contributed by atoms with Crippen molar-refractivity contribution >= 4 is 35.2 Å². The lowest BCUT2D eigenvalue weighted by atomic mass is 9.66. The maximum atomic E-state index is 15.1. The predicted octanol–water partition coefficient (Wildman–Crippen LogP) is 5.40. The standard InChI is InChI=1S/C35H42N2O5S/c1-6-8-12-19-42-34(41)28-27-20-24(5)35(43-27)29(28)32(39)37(26(21-38)25-16-10-9-11-17-25)31(35)33(40)36(18-7-2)30-22(3)14-13-15-23(30)4/h6-7,9-11,13-17,24,26-29,31,38H,1-2,8,12,18-21H2,3-5H3/t24?,26-,27+,28-,29+,31?,35?/m1/s1. The fraction of sp³-hybridized carbons (Fsp3) is 0.457. The fourth-order valence-corrected chi connectivity index (χ4v) is 10.1. The molecule has 5 rings (SSSR count). The third-order valence-corrected chi connectivity index (χ3v) is 11.5. The van der Waals surface area contributed by atoms with E-state index < -0.39 is 28.7 Å². The lowest BCUT2D eigenvalue weighted by Gasteiger charge is -2.42. The van der Waals surface area contributed by atoms with E-state index in [0.717, 1.165) is 28.8 Å². The Morgan fingerprint density at radius 1 is 1.14 bits per heavy atom. The van der Waals surface area contributed by atoms with Gasteiger partial charge < -0.3 is 19.6 Å². The number of thioether (sulfide) groups is 1. The highest BCUT2D eigenvalue weighted by atomic mass is 32.2.